The quantitative estimate of drug-likeness (QED) is 0.0828. The molecule has 1 aliphatic heterocycles. The van der Waals surface area contributed by atoms with Gasteiger partial charge in [-0.15, -0.1) is 6.58 Å². The normalized spacial score (nSPS) is 21.5. The average Bonchev–Trinajstić information content (AvgIpc) is 3.17. The van der Waals surface area contributed by atoms with E-state index < -0.39 is 30.0 Å². The predicted octanol–water partition coefficient (Wildman–Crippen LogP) is 8.72. The lowest BCUT2D eigenvalue weighted by molar-refractivity contribution is -0.291. The van der Waals surface area contributed by atoms with Gasteiger partial charge in [0.25, 0.3) is 0 Å². The molecule has 0 N–H and O–H groups in total. The molecular weight excluding hydrogens is 620 g/mol. The molecule has 1 fully saturated rings. The molecular formula is C45H44O5. The first kappa shape index (κ1) is 35.0. The highest BCUT2D eigenvalue weighted by molar-refractivity contribution is 5.38. The van der Waals surface area contributed by atoms with Gasteiger partial charge in [-0.3, -0.25) is 0 Å². The highest BCUT2D eigenvalue weighted by atomic mass is 16.6. The molecule has 1 heterocycles. The van der Waals surface area contributed by atoms with Crippen LogP contribution in [0.15, 0.2) is 164 Å². The Hall–Kier alpha value is -4.80. The molecule has 1 saturated heterocycles. The summed E-state index contributed by atoms with van der Waals surface area (Å²) in [6, 6.07) is 50.5. The Morgan fingerprint density at radius 1 is 0.560 bits per heavy atom. The van der Waals surface area contributed by atoms with Gasteiger partial charge >= 0.3 is 0 Å². The molecule has 0 radical (unpaired) electrons. The first-order chi connectivity index (χ1) is 24.7. The zero-order valence-electron chi connectivity index (χ0n) is 28.3. The Kier molecular flexibility index (Phi) is 12.8. The molecule has 6 rings (SSSR count). The highest BCUT2D eigenvalue weighted by Crippen LogP contribution is 2.39. The molecule has 50 heavy (non-hydrogen) atoms. The number of ether oxygens (including phenoxy) is 5. The maximum absolute atomic E-state index is 7.16. The van der Waals surface area contributed by atoms with E-state index in [1.54, 1.807) is 0 Å². The summed E-state index contributed by atoms with van der Waals surface area (Å²) < 4.78 is 34.2. The molecule has 5 aromatic rings. The zero-order chi connectivity index (χ0) is 34.3. The van der Waals surface area contributed by atoms with Crippen LogP contribution >= 0.6 is 0 Å². The van der Waals surface area contributed by atoms with Crippen LogP contribution in [0, 0.1) is 11.8 Å². The summed E-state index contributed by atoms with van der Waals surface area (Å²) in [6.45, 7) is 5.90. The fourth-order valence-electron chi connectivity index (χ4n) is 6.19. The van der Waals surface area contributed by atoms with Crippen LogP contribution in [0.25, 0.3) is 0 Å². The molecule has 0 bridgehead atoms. The average molecular weight is 665 g/mol. The van der Waals surface area contributed by atoms with E-state index in [0.717, 1.165) is 27.8 Å². The summed E-state index contributed by atoms with van der Waals surface area (Å²) in [5, 5.41) is 0. The maximum atomic E-state index is 7.16. The van der Waals surface area contributed by atoms with Crippen molar-refractivity contribution in [3.05, 3.63) is 192 Å². The van der Waals surface area contributed by atoms with E-state index in [4.69, 9.17) is 23.7 Å². The summed E-state index contributed by atoms with van der Waals surface area (Å²) in [7, 11) is 0. The summed E-state index contributed by atoms with van der Waals surface area (Å²) in [6.07, 6.45) is -0.0620. The smallest absolute Gasteiger partial charge is 0.161 e. The van der Waals surface area contributed by atoms with E-state index in [1.165, 1.54) is 0 Å². The molecule has 0 saturated carbocycles. The molecule has 254 valence electrons. The maximum Gasteiger partial charge on any atom is 0.161 e. The minimum Gasteiger partial charge on any atom is -0.374 e. The summed E-state index contributed by atoms with van der Waals surface area (Å²) in [5.41, 5.74) is 3.96. The standard InChI is InChI=1S/C45H44O5/c1-2-29-45(30-28-36-18-8-3-9-19-36)44(49-34-40-26-16-7-17-27-40)43(48-33-39-24-14-6-15-25-39)42(47-32-38-22-12-5-13-23-38)41(50-45)35-46-31-37-20-10-4-11-21-37/h2-27,41-44H,1,29,31-35H2/t41-,42-,43+,44-,45-/m1/s1. The zero-order valence-corrected chi connectivity index (χ0v) is 28.3. The van der Waals surface area contributed by atoms with E-state index in [-0.39, 0.29) is 6.61 Å². The number of benzene rings is 5. The van der Waals surface area contributed by atoms with Crippen molar-refractivity contribution < 1.29 is 23.7 Å². The number of hydrogen-bond donors (Lipinski definition) is 0. The lowest BCUT2D eigenvalue weighted by Crippen LogP contribution is -2.66. The van der Waals surface area contributed by atoms with Gasteiger partial charge < -0.3 is 23.7 Å². The van der Waals surface area contributed by atoms with Gasteiger partial charge in [-0.25, -0.2) is 0 Å². The third-order valence-corrected chi connectivity index (χ3v) is 8.69. The van der Waals surface area contributed by atoms with Crippen molar-refractivity contribution in [1.82, 2.24) is 0 Å². The third-order valence-electron chi connectivity index (χ3n) is 8.69. The van der Waals surface area contributed by atoms with Crippen molar-refractivity contribution in [2.45, 2.75) is 62.9 Å². The van der Waals surface area contributed by atoms with Gasteiger partial charge in [-0.2, -0.15) is 0 Å². The molecule has 5 heteroatoms. The molecule has 5 nitrogen and oxygen atoms in total. The minimum absolute atomic E-state index is 0.261. The van der Waals surface area contributed by atoms with Crippen LogP contribution in [-0.4, -0.2) is 36.6 Å². The summed E-state index contributed by atoms with van der Waals surface area (Å²) in [5.74, 6) is 6.94. The lowest BCUT2D eigenvalue weighted by atomic mass is 9.82. The van der Waals surface area contributed by atoms with Crippen molar-refractivity contribution in [3.63, 3.8) is 0 Å². The van der Waals surface area contributed by atoms with Crippen molar-refractivity contribution in [2.75, 3.05) is 6.61 Å². The Labute approximate surface area is 296 Å². The van der Waals surface area contributed by atoms with Crippen LogP contribution in [0.1, 0.15) is 34.2 Å². The number of hydrogen-bond acceptors (Lipinski definition) is 5. The fraction of sp³-hybridized carbons (Fsp3) is 0.244. The van der Waals surface area contributed by atoms with E-state index in [9.17, 15) is 0 Å². The van der Waals surface area contributed by atoms with Gasteiger partial charge in [0.1, 0.15) is 24.4 Å². The van der Waals surface area contributed by atoms with E-state index in [0.29, 0.717) is 32.8 Å². The van der Waals surface area contributed by atoms with E-state index >= 15 is 0 Å². The molecule has 5 aromatic carbocycles. The van der Waals surface area contributed by atoms with Gasteiger partial charge in [-0.1, -0.05) is 157 Å². The second kappa shape index (κ2) is 18.3. The Morgan fingerprint density at radius 2 is 1.00 bits per heavy atom. The molecule has 0 spiro atoms. The van der Waals surface area contributed by atoms with Gasteiger partial charge in [-0.05, 0) is 34.4 Å². The van der Waals surface area contributed by atoms with E-state index in [1.807, 2.05) is 109 Å². The summed E-state index contributed by atoms with van der Waals surface area (Å²) >= 11 is 0. The second-order valence-electron chi connectivity index (χ2n) is 12.4. The molecule has 5 atom stereocenters. The van der Waals surface area contributed by atoms with Crippen molar-refractivity contribution >= 4 is 0 Å². The largest absolute Gasteiger partial charge is 0.374 e. The highest BCUT2D eigenvalue weighted by Gasteiger charge is 2.56. The molecule has 1 aliphatic rings. The van der Waals surface area contributed by atoms with Gasteiger partial charge in [0.2, 0.25) is 0 Å². The summed E-state index contributed by atoms with van der Waals surface area (Å²) in [4.78, 5) is 0. The Morgan fingerprint density at radius 3 is 1.50 bits per heavy atom. The molecule has 0 amide bonds. The van der Waals surface area contributed by atoms with Crippen molar-refractivity contribution in [2.24, 2.45) is 0 Å². The predicted molar refractivity (Wildman–Crippen MR) is 197 cm³/mol. The minimum atomic E-state index is -1.12. The van der Waals surface area contributed by atoms with Gasteiger partial charge in [0, 0.05) is 12.0 Å². The van der Waals surface area contributed by atoms with Crippen LogP contribution in [0.3, 0.4) is 0 Å². The van der Waals surface area contributed by atoms with Gasteiger partial charge in [0.05, 0.1) is 33.0 Å². The monoisotopic (exact) mass is 664 g/mol. The van der Waals surface area contributed by atoms with Crippen LogP contribution in [0.2, 0.25) is 0 Å². The van der Waals surface area contributed by atoms with Gasteiger partial charge in [0.15, 0.2) is 5.60 Å². The van der Waals surface area contributed by atoms with Crippen LogP contribution in [0.5, 0.6) is 0 Å². The molecule has 0 unspecified atom stereocenters. The second-order valence-corrected chi connectivity index (χ2v) is 12.4. The topological polar surface area (TPSA) is 46.2 Å². The first-order valence-electron chi connectivity index (χ1n) is 17.2. The molecule has 0 aliphatic carbocycles. The third kappa shape index (κ3) is 9.67. The van der Waals surface area contributed by atoms with Crippen LogP contribution < -0.4 is 0 Å². The van der Waals surface area contributed by atoms with Crippen molar-refractivity contribution in [3.8, 4) is 11.8 Å². The Balaban J connectivity index is 1.41. The fourth-order valence-corrected chi connectivity index (χ4v) is 6.19. The SMILES string of the molecule is C=CC[C@]1(C#Cc2ccccc2)O[C@H](COCc2ccccc2)[C@@H](OCc2ccccc2)[C@H](OCc2ccccc2)[C@H]1OCc1ccccc1. The Bertz CT molecular complexity index is 1770. The van der Waals surface area contributed by atoms with Crippen LogP contribution in [-0.2, 0) is 50.1 Å². The number of rotatable bonds is 15. The van der Waals surface area contributed by atoms with Crippen LogP contribution in [0.4, 0.5) is 0 Å². The molecule has 0 aromatic heterocycles. The van der Waals surface area contributed by atoms with E-state index in [2.05, 4.69) is 67.0 Å². The lowest BCUT2D eigenvalue weighted by Gasteiger charge is -2.50. The first-order valence-corrected chi connectivity index (χ1v) is 17.2. The van der Waals surface area contributed by atoms with Crippen molar-refractivity contribution in [1.29, 1.82) is 0 Å².